The summed E-state index contributed by atoms with van der Waals surface area (Å²) >= 11 is 0. The number of para-hydroxylation sites is 2. The van der Waals surface area contributed by atoms with Crippen molar-refractivity contribution in [1.29, 1.82) is 0 Å². The van der Waals surface area contributed by atoms with Gasteiger partial charge >= 0.3 is 0 Å². The Bertz CT molecular complexity index is 1370. The van der Waals surface area contributed by atoms with Gasteiger partial charge in [0.25, 0.3) is 0 Å². The molecule has 180 valence electrons. The molecule has 4 rings (SSSR count). The second-order valence-corrected chi connectivity index (χ2v) is 9.12. The molecule has 5 heteroatoms. The molecule has 0 aliphatic carbocycles. The van der Waals surface area contributed by atoms with Crippen molar-refractivity contribution >= 4 is 17.1 Å². The summed E-state index contributed by atoms with van der Waals surface area (Å²) in [5, 5.41) is 31.9. The molecular weight excluding hydrogens is 438 g/mol. The number of aryl methyl sites for hydroxylation is 3. The van der Waals surface area contributed by atoms with Crippen molar-refractivity contribution < 1.29 is 20.1 Å². The summed E-state index contributed by atoms with van der Waals surface area (Å²) in [6.07, 6.45) is 0. The Morgan fingerprint density at radius 3 is 1.69 bits per heavy atom. The van der Waals surface area contributed by atoms with Crippen LogP contribution in [0.1, 0.15) is 33.4 Å². The largest absolute Gasteiger partial charge is 0.508 e. The number of phenols is 3. The number of benzene rings is 4. The minimum absolute atomic E-state index is 0.0585. The molecule has 3 N–H and O–H groups in total. The van der Waals surface area contributed by atoms with Crippen molar-refractivity contribution in [2.24, 2.45) is 0 Å². The SMILES string of the molecule is Cc1cc(O)c(C)c(N(c2ccccc2Oc2c(O)ccc(C)c2C)c2cc(C)cc(O)c2C)c1. The van der Waals surface area contributed by atoms with Gasteiger partial charge in [0.15, 0.2) is 17.2 Å². The van der Waals surface area contributed by atoms with E-state index in [2.05, 4.69) is 0 Å². The third kappa shape index (κ3) is 4.50. The number of anilines is 3. The van der Waals surface area contributed by atoms with E-state index >= 15 is 0 Å². The fourth-order valence-electron chi connectivity index (χ4n) is 4.24. The lowest BCUT2D eigenvalue weighted by molar-refractivity contribution is 0.409. The van der Waals surface area contributed by atoms with Crippen LogP contribution in [0, 0.1) is 41.5 Å². The Kier molecular flexibility index (Phi) is 6.35. The van der Waals surface area contributed by atoms with Gasteiger partial charge in [-0.25, -0.2) is 0 Å². The molecule has 35 heavy (non-hydrogen) atoms. The maximum atomic E-state index is 10.7. The highest BCUT2D eigenvalue weighted by atomic mass is 16.5. The smallest absolute Gasteiger partial charge is 0.172 e. The molecule has 0 bridgehead atoms. The number of aromatic hydroxyl groups is 3. The minimum atomic E-state index is 0.0585. The molecule has 0 saturated heterocycles. The Morgan fingerprint density at radius 1 is 0.571 bits per heavy atom. The van der Waals surface area contributed by atoms with Crippen LogP contribution in [0.5, 0.6) is 28.7 Å². The van der Waals surface area contributed by atoms with E-state index in [0.717, 1.165) is 33.6 Å². The predicted octanol–water partition coefficient (Wildman–Crippen LogP) is 7.92. The molecule has 0 heterocycles. The van der Waals surface area contributed by atoms with E-state index in [0.29, 0.717) is 28.3 Å². The first-order chi connectivity index (χ1) is 16.6. The van der Waals surface area contributed by atoms with Crippen LogP contribution in [0.25, 0.3) is 0 Å². The lowest BCUT2D eigenvalue weighted by Gasteiger charge is -2.31. The van der Waals surface area contributed by atoms with Gasteiger partial charge in [0.05, 0.1) is 17.1 Å². The molecule has 0 spiro atoms. The van der Waals surface area contributed by atoms with Crippen molar-refractivity contribution in [3.05, 3.63) is 94.0 Å². The topological polar surface area (TPSA) is 73.2 Å². The number of phenolic OH excluding ortho intramolecular Hbond substituents is 3. The van der Waals surface area contributed by atoms with Crippen LogP contribution in [0.2, 0.25) is 0 Å². The zero-order chi connectivity index (χ0) is 25.4. The average Bonchev–Trinajstić information content (AvgIpc) is 2.81. The number of nitrogens with zero attached hydrogens (tertiary/aromatic N) is 1. The normalized spacial score (nSPS) is 10.9. The highest BCUT2D eigenvalue weighted by Gasteiger charge is 2.24. The molecule has 4 aromatic carbocycles. The van der Waals surface area contributed by atoms with Crippen LogP contribution in [-0.2, 0) is 0 Å². The van der Waals surface area contributed by atoms with E-state index in [-0.39, 0.29) is 17.2 Å². The van der Waals surface area contributed by atoms with E-state index in [9.17, 15) is 15.3 Å². The van der Waals surface area contributed by atoms with Crippen molar-refractivity contribution in [3.8, 4) is 28.7 Å². The second-order valence-electron chi connectivity index (χ2n) is 9.12. The Morgan fingerprint density at radius 2 is 1.11 bits per heavy atom. The van der Waals surface area contributed by atoms with Gasteiger partial charge in [0, 0.05) is 11.1 Å². The number of hydrogen-bond acceptors (Lipinski definition) is 5. The Balaban J connectivity index is 2.01. The van der Waals surface area contributed by atoms with Crippen LogP contribution in [0.4, 0.5) is 17.1 Å². The van der Waals surface area contributed by atoms with E-state index in [1.165, 1.54) is 0 Å². The average molecular weight is 470 g/mol. The first-order valence-corrected chi connectivity index (χ1v) is 11.5. The summed E-state index contributed by atoms with van der Waals surface area (Å²) in [6, 6.07) is 18.5. The third-order valence-corrected chi connectivity index (χ3v) is 6.45. The maximum Gasteiger partial charge on any atom is 0.172 e. The third-order valence-electron chi connectivity index (χ3n) is 6.45. The fourth-order valence-corrected chi connectivity index (χ4v) is 4.24. The monoisotopic (exact) mass is 469 g/mol. The molecule has 0 aromatic heterocycles. The Hall–Kier alpha value is -4.12. The van der Waals surface area contributed by atoms with Crippen LogP contribution < -0.4 is 9.64 Å². The van der Waals surface area contributed by atoms with E-state index in [4.69, 9.17) is 4.74 Å². The first-order valence-electron chi connectivity index (χ1n) is 11.5. The lowest BCUT2D eigenvalue weighted by atomic mass is 10.0. The van der Waals surface area contributed by atoms with Crippen molar-refractivity contribution in [2.45, 2.75) is 41.5 Å². The molecule has 0 amide bonds. The highest BCUT2D eigenvalue weighted by molar-refractivity contribution is 5.85. The summed E-state index contributed by atoms with van der Waals surface area (Å²) in [4.78, 5) is 1.99. The van der Waals surface area contributed by atoms with Gasteiger partial charge in [-0.15, -0.1) is 0 Å². The second kappa shape index (κ2) is 9.26. The van der Waals surface area contributed by atoms with Gasteiger partial charge in [-0.3, -0.25) is 0 Å². The van der Waals surface area contributed by atoms with E-state index in [1.807, 2.05) is 88.9 Å². The summed E-state index contributed by atoms with van der Waals surface area (Å²) in [7, 11) is 0. The van der Waals surface area contributed by atoms with E-state index < -0.39 is 0 Å². The van der Waals surface area contributed by atoms with Crippen LogP contribution in [0.15, 0.2) is 60.7 Å². The van der Waals surface area contributed by atoms with Gasteiger partial charge in [-0.05, 0) is 106 Å². The molecule has 0 atom stereocenters. The summed E-state index contributed by atoms with van der Waals surface area (Å²) in [5.74, 6) is 1.35. The quantitative estimate of drug-likeness (QED) is 0.277. The number of hydrogen-bond donors (Lipinski definition) is 3. The van der Waals surface area contributed by atoms with Gasteiger partial charge in [-0.1, -0.05) is 18.2 Å². The molecule has 0 aliphatic heterocycles. The van der Waals surface area contributed by atoms with Crippen molar-refractivity contribution in [2.75, 3.05) is 4.90 Å². The summed E-state index contributed by atoms with van der Waals surface area (Å²) < 4.78 is 6.36. The zero-order valence-corrected chi connectivity index (χ0v) is 21.0. The van der Waals surface area contributed by atoms with Gasteiger partial charge in [-0.2, -0.15) is 0 Å². The van der Waals surface area contributed by atoms with E-state index in [1.54, 1.807) is 18.2 Å². The molecule has 5 nitrogen and oxygen atoms in total. The summed E-state index contributed by atoms with van der Waals surface area (Å²) in [5.41, 5.74) is 7.26. The van der Waals surface area contributed by atoms with Gasteiger partial charge < -0.3 is 25.0 Å². The Labute approximate surface area is 206 Å². The molecule has 0 saturated carbocycles. The van der Waals surface area contributed by atoms with Gasteiger partial charge in [0.2, 0.25) is 0 Å². The highest BCUT2D eigenvalue weighted by Crippen LogP contribution is 2.48. The predicted molar refractivity (Wildman–Crippen MR) is 141 cm³/mol. The molecule has 0 unspecified atom stereocenters. The minimum Gasteiger partial charge on any atom is -0.508 e. The first kappa shape index (κ1) is 24.0. The lowest BCUT2D eigenvalue weighted by Crippen LogP contribution is -2.14. The molecule has 0 fully saturated rings. The number of rotatable bonds is 5. The molecule has 4 aromatic rings. The van der Waals surface area contributed by atoms with Crippen LogP contribution >= 0.6 is 0 Å². The number of ether oxygens (including phenoxy) is 1. The van der Waals surface area contributed by atoms with Crippen LogP contribution in [0.3, 0.4) is 0 Å². The van der Waals surface area contributed by atoms with Crippen molar-refractivity contribution in [1.82, 2.24) is 0 Å². The summed E-state index contributed by atoms with van der Waals surface area (Å²) in [6.45, 7) is 11.5. The molecule has 0 radical (unpaired) electrons. The standard InChI is InChI=1S/C30H31NO4/c1-17-13-24(21(5)27(33)15-17)31(25-14-18(2)16-28(34)22(25)6)23-9-7-8-10-29(23)35-30-20(4)19(3)11-12-26(30)32/h7-16,32-34H,1-6H3. The van der Waals surface area contributed by atoms with Gasteiger partial charge in [0.1, 0.15) is 11.5 Å². The van der Waals surface area contributed by atoms with Crippen molar-refractivity contribution in [3.63, 3.8) is 0 Å². The molecular formula is C30H31NO4. The maximum absolute atomic E-state index is 10.7. The fraction of sp³-hybridized carbons (Fsp3) is 0.200. The zero-order valence-electron chi connectivity index (χ0n) is 21.0. The molecule has 0 aliphatic rings. The van der Waals surface area contributed by atoms with Crippen LogP contribution in [-0.4, -0.2) is 15.3 Å².